The zero-order valence-corrected chi connectivity index (χ0v) is 13.5. The largest absolute Gasteiger partial charge is 0.481 e. The molecule has 1 atom stereocenters. The number of rotatable bonds is 10. The van der Waals surface area contributed by atoms with Crippen molar-refractivity contribution in [3.05, 3.63) is 0 Å². The summed E-state index contributed by atoms with van der Waals surface area (Å²) in [6, 6.07) is 0. The first-order valence-corrected chi connectivity index (χ1v) is 7.59. The molecule has 21 heavy (non-hydrogen) atoms. The van der Waals surface area contributed by atoms with Crippen LogP contribution in [0.3, 0.4) is 0 Å². The molecule has 0 rings (SSSR count). The highest BCUT2D eigenvalue weighted by atomic mass is 16.4. The van der Waals surface area contributed by atoms with E-state index in [0.717, 1.165) is 12.8 Å². The zero-order chi connectivity index (χ0) is 16.4. The molecule has 0 aromatic heterocycles. The molecule has 0 aromatic rings. The van der Waals surface area contributed by atoms with E-state index in [1.165, 1.54) is 6.92 Å². The van der Waals surface area contributed by atoms with Crippen molar-refractivity contribution in [2.24, 2.45) is 11.8 Å². The SMILES string of the molecule is CCC(CC)C(=O)N(CCCNC(C)=O)CC(C)C(=O)O. The third-order valence-corrected chi connectivity index (χ3v) is 3.54. The highest BCUT2D eigenvalue weighted by Crippen LogP contribution is 2.14. The fraction of sp³-hybridized carbons (Fsp3) is 0.800. The molecular weight excluding hydrogens is 272 g/mol. The first-order valence-electron chi connectivity index (χ1n) is 7.59. The summed E-state index contributed by atoms with van der Waals surface area (Å²) in [5.74, 6) is -1.65. The van der Waals surface area contributed by atoms with Crippen LogP contribution in [-0.4, -0.2) is 47.4 Å². The average molecular weight is 300 g/mol. The van der Waals surface area contributed by atoms with E-state index < -0.39 is 11.9 Å². The minimum atomic E-state index is -0.904. The van der Waals surface area contributed by atoms with E-state index in [2.05, 4.69) is 5.32 Å². The van der Waals surface area contributed by atoms with Gasteiger partial charge in [-0.25, -0.2) is 0 Å². The van der Waals surface area contributed by atoms with Gasteiger partial charge in [0.25, 0.3) is 0 Å². The van der Waals surface area contributed by atoms with Crippen molar-refractivity contribution >= 4 is 17.8 Å². The average Bonchev–Trinajstić information content (AvgIpc) is 2.42. The number of amides is 2. The summed E-state index contributed by atoms with van der Waals surface area (Å²) in [7, 11) is 0. The van der Waals surface area contributed by atoms with Gasteiger partial charge in [0.05, 0.1) is 5.92 Å². The normalized spacial score (nSPS) is 12.0. The summed E-state index contributed by atoms with van der Waals surface area (Å²) in [5, 5.41) is 11.7. The highest BCUT2D eigenvalue weighted by Gasteiger charge is 2.24. The number of nitrogens with zero attached hydrogens (tertiary/aromatic N) is 1. The number of carboxylic acid groups (broad SMARTS) is 1. The lowest BCUT2D eigenvalue weighted by Gasteiger charge is -2.28. The molecule has 0 aliphatic carbocycles. The van der Waals surface area contributed by atoms with E-state index >= 15 is 0 Å². The van der Waals surface area contributed by atoms with E-state index in [1.54, 1.807) is 11.8 Å². The summed E-state index contributed by atoms with van der Waals surface area (Å²) >= 11 is 0. The molecule has 0 bridgehead atoms. The van der Waals surface area contributed by atoms with Crippen LogP contribution >= 0.6 is 0 Å². The lowest BCUT2D eigenvalue weighted by molar-refractivity contribution is -0.144. The predicted octanol–water partition coefficient (Wildman–Crippen LogP) is 1.50. The number of aliphatic carboxylic acids is 1. The monoisotopic (exact) mass is 300 g/mol. The minimum Gasteiger partial charge on any atom is -0.481 e. The summed E-state index contributed by atoms with van der Waals surface area (Å²) in [6.07, 6.45) is 2.12. The van der Waals surface area contributed by atoms with Gasteiger partial charge in [-0.3, -0.25) is 14.4 Å². The van der Waals surface area contributed by atoms with Crippen LogP contribution < -0.4 is 5.32 Å². The van der Waals surface area contributed by atoms with Gasteiger partial charge in [0, 0.05) is 32.5 Å². The van der Waals surface area contributed by atoms with Gasteiger partial charge < -0.3 is 15.3 Å². The van der Waals surface area contributed by atoms with Crippen LogP contribution in [0.25, 0.3) is 0 Å². The van der Waals surface area contributed by atoms with Gasteiger partial charge in [-0.05, 0) is 19.3 Å². The number of hydrogen-bond donors (Lipinski definition) is 2. The Balaban J connectivity index is 4.63. The second-order valence-electron chi connectivity index (χ2n) is 5.37. The molecule has 0 fully saturated rings. The third kappa shape index (κ3) is 7.68. The molecule has 122 valence electrons. The molecule has 0 aliphatic heterocycles. The molecule has 0 radical (unpaired) electrons. The molecule has 6 nitrogen and oxygen atoms in total. The van der Waals surface area contributed by atoms with Crippen LogP contribution in [0.15, 0.2) is 0 Å². The fourth-order valence-electron chi connectivity index (χ4n) is 2.13. The molecule has 0 heterocycles. The maximum Gasteiger partial charge on any atom is 0.308 e. The number of nitrogens with one attached hydrogen (secondary N) is 1. The third-order valence-electron chi connectivity index (χ3n) is 3.54. The lowest BCUT2D eigenvalue weighted by Crippen LogP contribution is -2.41. The Bertz CT molecular complexity index is 354. The topological polar surface area (TPSA) is 86.7 Å². The van der Waals surface area contributed by atoms with Crippen LogP contribution in [0, 0.1) is 11.8 Å². The van der Waals surface area contributed by atoms with Crippen molar-refractivity contribution in [3.63, 3.8) is 0 Å². The number of carbonyl (C=O) groups excluding carboxylic acids is 2. The van der Waals surface area contributed by atoms with E-state index in [0.29, 0.717) is 19.5 Å². The summed E-state index contributed by atoms with van der Waals surface area (Å²) in [6.45, 7) is 8.13. The van der Waals surface area contributed by atoms with Crippen molar-refractivity contribution in [1.29, 1.82) is 0 Å². The van der Waals surface area contributed by atoms with Crippen LogP contribution in [0.1, 0.15) is 47.0 Å². The van der Waals surface area contributed by atoms with Gasteiger partial charge in [-0.15, -0.1) is 0 Å². The molecule has 1 unspecified atom stereocenters. The fourth-order valence-corrected chi connectivity index (χ4v) is 2.13. The van der Waals surface area contributed by atoms with E-state index in [4.69, 9.17) is 5.11 Å². The molecule has 2 amide bonds. The van der Waals surface area contributed by atoms with Gasteiger partial charge in [0.15, 0.2) is 0 Å². The Kier molecular flexibility index (Phi) is 9.41. The van der Waals surface area contributed by atoms with Crippen molar-refractivity contribution in [2.75, 3.05) is 19.6 Å². The molecule has 0 spiro atoms. The van der Waals surface area contributed by atoms with Gasteiger partial charge in [0.2, 0.25) is 11.8 Å². The molecule has 0 saturated heterocycles. The quantitative estimate of drug-likeness (QED) is 0.599. The van der Waals surface area contributed by atoms with Gasteiger partial charge in [-0.1, -0.05) is 20.8 Å². The second kappa shape index (κ2) is 10.2. The Morgan fingerprint density at radius 3 is 2.19 bits per heavy atom. The number of carbonyl (C=O) groups is 3. The lowest BCUT2D eigenvalue weighted by atomic mass is 10.0. The smallest absolute Gasteiger partial charge is 0.308 e. The molecule has 0 saturated carbocycles. The maximum atomic E-state index is 12.4. The van der Waals surface area contributed by atoms with E-state index in [1.807, 2.05) is 13.8 Å². The summed E-state index contributed by atoms with van der Waals surface area (Å²) in [5.41, 5.74) is 0. The van der Waals surface area contributed by atoms with Crippen LogP contribution in [0.4, 0.5) is 0 Å². The van der Waals surface area contributed by atoms with Crippen LogP contribution in [0.5, 0.6) is 0 Å². The van der Waals surface area contributed by atoms with Crippen molar-refractivity contribution in [1.82, 2.24) is 10.2 Å². The van der Waals surface area contributed by atoms with E-state index in [9.17, 15) is 14.4 Å². The first kappa shape index (κ1) is 19.4. The van der Waals surface area contributed by atoms with Gasteiger partial charge >= 0.3 is 5.97 Å². The first-order chi connectivity index (χ1) is 9.83. The summed E-state index contributed by atoms with van der Waals surface area (Å²) in [4.78, 5) is 35.9. The Labute approximate surface area is 126 Å². The number of hydrogen-bond acceptors (Lipinski definition) is 3. The van der Waals surface area contributed by atoms with Crippen molar-refractivity contribution in [3.8, 4) is 0 Å². The van der Waals surface area contributed by atoms with Gasteiger partial charge in [-0.2, -0.15) is 0 Å². The van der Waals surface area contributed by atoms with Crippen molar-refractivity contribution in [2.45, 2.75) is 47.0 Å². The minimum absolute atomic E-state index is 0.0101. The molecular formula is C15H28N2O4. The van der Waals surface area contributed by atoms with Gasteiger partial charge in [0.1, 0.15) is 0 Å². The standard InChI is InChI=1S/C15H28N2O4/c1-5-13(6-2)14(19)17(10-11(3)15(20)21)9-7-8-16-12(4)18/h11,13H,5-10H2,1-4H3,(H,16,18)(H,20,21). The highest BCUT2D eigenvalue weighted by molar-refractivity contribution is 5.79. The Morgan fingerprint density at radius 1 is 1.19 bits per heavy atom. The maximum absolute atomic E-state index is 12.4. The Hall–Kier alpha value is -1.59. The molecule has 2 N–H and O–H groups in total. The second-order valence-corrected chi connectivity index (χ2v) is 5.37. The number of carboxylic acids is 1. The molecule has 6 heteroatoms. The summed E-state index contributed by atoms with van der Waals surface area (Å²) < 4.78 is 0. The Morgan fingerprint density at radius 2 is 1.76 bits per heavy atom. The van der Waals surface area contributed by atoms with Crippen molar-refractivity contribution < 1.29 is 19.5 Å². The van der Waals surface area contributed by atoms with E-state index in [-0.39, 0.29) is 24.3 Å². The predicted molar refractivity (Wildman–Crippen MR) is 80.8 cm³/mol. The van der Waals surface area contributed by atoms with Crippen LogP contribution in [0.2, 0.25) is 0 Å². The molecule has 0 aromatic carbocycles. The molecule has 0 aliphatic rings. The van der Waals surface area contributed by atoms with Crippen LogP contribution in [-0.2, 0) is 14.4 Å². The zero-order valence-electron chi connectivity index (χ0n) is 13.5.